The van der Waals surface area contributed by atoms with E-state index in [2.05, 4.69) is 10.4 Å². The Kier molecular flexibility index (Phi) is 6.62. The van der Waals surface area contributed by atoms with Crippen molar-refractivity contribution in [2.45, 2.75) is 20.4 Å². The molecule has 2 aromatic carbocycles. The third kappa shape index (κ3) is 5.00. The van der Waals surface area contributed by atoms with E-state index >= 15 is 0 Å². The van der Waals surface area contributed by atoms with Crippen LogP contribution in [0.4, 0.5) is 5.69 Å². The van der Waals surface area contributed by atoms with Crippen molar-refractivity contribution in [2.75, 3.05) is 12.4 Å². The summed E-state index contributed by atoms with van der Waals surface area (Å²) in [6, 6.07) is 12.8. The molecule has 0 radical (unpaired) electrons. The molecule has 0 spiro atoms. The van der Waals surface area contributed by atoms with Gasteiger partial charge in [0, 0.05) is 21.7 Å². The molecule has 0 aliphatic rings. The molecule has 1 amide bonds. The molecule has 0 unspecified atom stereocenters. The predicted molar refractivity (Wildman–Crippen MR) is 118 cm³/mol. The van der Waals surface area contributed by atoms with Crippen LogP contribution in [0.2, 0.25) is 10.0 Å². The highest BCUT2D eigenvalue weighted by Gasteiger charge is 2.15. The Balaban J connectivity index is 1.74. The number of carbonyl (C=O) groups is 1. The van der Waals surface area contributed by atoms with Gasteiger partial charge in [0.2, 0.25) is 5.91 Å². The molecule has 0 aliphatic carbocycles. The van der Waals surface area contributed by atoms with Gasteiger partial charge in [-0.1, -0.05) is 41.4 Å². The monoisotopic (exact) mass is 429 g/mol. The molecule has 1 N–H and O–H groups in total. The Morgan fingerprint density at radius 1 is 1.14 bits per heavy atom. The van der Waals surface area contributed by atoms with Gasteiger partial charge in [0.05, 0.1) is 30.7 Å². The molecule has 5 nitrogen and oxygen atoms in total. The number of halogens is 2. The molecule has 3 rings (SSSR count). The Bertz CT molecular complexity index is 1040. The second kappa shape index (κ2) is 9.16. The van der Waals surface area contributed by atoms with E-state index in [1.165, 1.54) is 6.08 Å². The fraction of sp³-hybridized carbons (Fsp3) is 0.182. The van der Waals surface area contributed by atoms with Gasteiger partial charge in [-0.3, -0.25) is 9.48 Å². The normalized spacial score (nSPS) is 11.1. The van der Waals surface area contributed by atoms with Gasteiger partial charge in [0.25, 0.3) is 0 Å². The molecular weight excluding hydrogens is 409 g/mol. The molecule has 0 saturated heterocycles. The molecule has 0 fully saturated rings. The van der Waals surface area contributed by atoms with Crippen molar-refractivity contribution in [1.29, 1.82) is 0 Å². The first-order valence-corrected chi connectivity index (χ1v) is 9.74. The predicted octanol–water partition coefficient (Wildman–Crippen LogP) is 5.52. The number of anilines is 1. The molecule has 1 heterocycles. The molecule has 0 aliphatic heterocycles. The number of nitrogens with one attached hydrogen (secondary N) is 1. The number of benzene rings is 2. The first kappa shape index (κ1) is 21.0. The zero-order valence-electron chi connectivity index (χ0n) is 16.4. The number of rotatable bonds is 6. The summed E-state index contributed by atoms with van der Waals surface area (Å²) in [5, 5.41) is 8.59. The first-order valence-electron chi connectivity index (χ1n) is 8.99. The van der Waals surface area contributed by atoms with Crippen molar-refractivity contribution >= 4 is 40.9 Å². The van der Waals surface area contributed by atoms with Crippen LogP contribution in [-0.2, 0) is 11.3 Å². The van der Waals surface area contributed by atoms with E-state index in [1.807, 2.05) is 38.1 Å². The SMILES string of the molecule is COc1ccc(/C=C/C(=O)Nc2c(C)nn(Cc3c(Cl)cccc3Cl)c2C)cc1. The number of aryl methyl sites for hydroxylation is 1. The number of hydrogen-bond donors (Lipinski definition) is 1. The molecular formula is C22H21Cl2N3O2. The third-order valence-corrected chi connectivity index (χ3v) is 5.25. The van der Waals surface area contributed by atoms with Gasteiger partial charge in [-0.25, -0.2) is 0 Å². The Hall–Kier alpha value is -2.76. The van der Waals surface area contributed by atoms with Crippen LogP contribution in [-0.4, -0.2) is 22.8 Å². The highest BCUT2D eigenvalue weighted by Crippen LogP contribution is 2.27. The summed E-state index contributed by atoms with van der Waals surface area (Å²) in [5.74, 6) is 0.534. The molecule has 150 valence electrons. The Labute approximate surface area is 179 Å². The summed E-state index contributed by atoms with van der Waals surface area (Å²) < 4.78 is 6.91. The quantitative estimate of drug-likeness (QED) is 0.525. The maximum Gasteiger partial charge on any atom is 0.248 e. The van der Waals surface area contributed by atoms with Crippen LogP contribution in [0.25, 0.3) is 6.08 Å². The van der Waals surface area contributed by atoms with Gasteiger partial charge >= 0.3 is 0 Å². The van der Waals surface area contributed by atoms with E-state index in [0.29, 0.717) is 22.3 Å². The van der Waals surface area contributed by atoms with Crippen molar-refractivity contribution in [3.63, 3.8) is 0 Å². The van der Waals surface area contributed by atoms with Crippen LogP contribution < -0.4 is 10.1 Å². The summed E-state index contributed by atoms with van der Waals surface area (Å²) in [6.07, 6.45) is 3.23. The third-order valence-electron chi connectivity index (χ3n) is 4.54. The maximum atomic E-state index is 12.4. The van der Waals surface area contributed by atoms with Crippen LogP contribution >= 0.6 is 23.2 Å². The van der Waals surface area contributed by atoms with Crippen molar-refractivity contribution in [3.8, 4) is 5.75 Å². The lowest BCUT2D eigenvalue weighted by Gasteiger charge is -2.09. The van der Waals surface area contributed by atoms with Crippen LogP contribution in [0.15, 0.2) is 48.5 Å². The largest absolute Gasteiger partial charge is 0.497 e. The molecule has 29 heavy (non-hydrogen) atoms. The fourth-order valence-electron chi connectivity index (χ4n) is 2.92. The lowest BCUT2D eigenvalue weighted by molar-refractivity contribution is -0.111. The summed E-state index contributed by atoms with van der Waals surface area (Å²) in [7, 11) is 1.61. The van der Waals surface area contributed by atoms with Crippen LogP contribution in [0.1, 0.15) is 22.5 Å². The van der Waals surface area contributed by atoms with Gasteiger partial charge in [0.1, 0.15) is 5.75 Å². The topological polar surface area (TPSA) is 56.1 Å². The van der Waals surface area contributed by atoms with E-state index in [-0.39, 0.29) is 5.91 Å². The van der Waals surface area contributed by atoms with E-state index in [0.717, 1.165) is 28.3 Å². The zero-order chi connectivity index (χ0) is 21.0. The van der Waals surface area contributed by atoms with Gasteiger partial charge in [-0.2, -0.15) is 5.10 Å². The minimum absolute atomic E-state index is 0.234. The molecule has 7 heteroatoms. The van der Waals surface area contributed by atoms with E-state index in [9.17, 15) is 4.79 Å². The van der Waals surface area contributed by atoms with Crippen molar-refractivity contribution < 1.29 is 9.53 Å². The van der Waals surface area contributed by atoms with Crippen molar-refractivity contribution in [2.24, 2.45) is 0 Å². The molecule has 1 aromatic heterocycles. The van der Waals surface area contributed by atoms with E-state index in [4.69, 9.17) is 27.9 Å². The molecule has 3 aromatic rings. The van der Waals surface area contributed by atoms with E-state index < -0.39 is 0 Å². The van der Waals surface area contributed by atoms with Gasteiger partial charge in [-0.05, 0) is 49.8 Å². The second-order valence-corrected chi connectivity index (χ2v) is 7.31. The number of aromatic nitrogens is 2. The minimum atomic E-state index is -0.234. The fourth-order valence-corrected chi connectivity index (χ4v) is 3.43. The average molecular weight is 430 g/mol. The number of hydrogen-bond acceptors (Lipinski definition) is 3. The number of amides is 1. The van der Waals surface area contributed by atoms with Crippen LogP contribution in [0, 0.1) is 13.8 Å². The maximum absolute atomic E-state index is 12.4. The lowest BCUT2D eigenvalue weighted by Crippen LogP contribution is -2.10. The lowest BCUT2D eigenvalue weighted by atomic mass is 10.2. The smallest absolute Gasteiger partial charge is 0.248 e. The zero-order valence-corrected chi connectivity index (χ0v) is 17.9. The summed E-state index contributed by atoms with van der Waals surface area (Å²) >= 11 is 12.5. The van der Waals surface area contributed by atoms with Crippen LogP contribution in [0.3, 0.4) is 0 Å². The standard InChI is InChI=1S/C22H21Cl2N3O2/c1-14-22(25-21(28)12-9-16-7-10-17(29-3)11-8-16)15(2)27(26-14)13-18-19(23)5-4-6-20(18)24/h4-12H,13H2,1-3H3,(H,25,28)/b12-9+. The Morgan fingerprint density at radius 3 is 2.41 bits per heavy atom. The molecule has 0 saturated carbocycles. The van der Waals surface area contributed by atoms with E-state index in [1.54, 1.807) is 36.1 Å². The highest BCUT2D eigenvalue weighted by atomic mass is 35.5. The first-order chi connectivity index (χ1) is 13.9. The number of methoxy groups -OCH3 is 1. The minimum Gasteiger partial charge on any atom is -0.497 e. The Morgan fingerprint density at radius 2 is 1.79 bits per heavy atom. The number of nitrogens with zero attached hydrogens (tertiary/aromatic N) is 2. The summed E-state index contributed by atoms with van der Waals surface area (Å²) in [5.41, 5.74) is 3.91. The molecule has 0 bridgehead atoms. The number of carbonyl (C=O) groups excluding carboxylic acids is 1. The second-order valence-electron chi connectivity index (χ2n) is 6.50. The van der Waals surface area contributed by atoms with Crippen molar-refractivity contribution in [3.05, 3.63) is 81.1 Å². The van der Waals surface area contributed by atoms with Crippen LogP contribution in [0.5, 0.6) is 5.75 Å². The number of ether oxygens (including phenoxy) is 1. The average Bonchev–Trinajstić information content (AvgIpc) is 2.97. The van der Waals surface area contributed by atoms with Gasteiger partial charge in [-0.15, -0.1) is 0 Å². The van der Waals surface area contributed by atoms with Gasteiger partial charge < -0.3 is 10.1 Å². The highest BCUT2D eigenvalue weighted by molar-refractivity contribution is 6.36. The van der Waals surface area contributed by atoms with Gasteiger partial charge in [0.15, 0.2) is 0 Å². The van der Waals surface area contributed by atoms with Crippen molar-refractivity contribution in [1.82, 2.24) is 9.78 Å². The molecule has 0 atom stereocenters. The summed E-state index contributed by atoms with van der Waals surface area (Å²) in [4.78, 5) is 12.4. The summed E-state index contributed by atoms with van der Waals surface area (Å²) in [6.45, 7) is 4.16.